The molecule has 0 radical (unpaired) electrons. The molecule has 0 aliphatic rings. The summed E-state index contributed by atoms with van der Waals surface area (Å²) in [5, 5.41) is 15.8. The van der Waals surface area contributed by atoms with Gasteiger partial charge in [0.2, 0.25) is 5.89 Å². The first-order chi connectivity index (χ1) is 12.8. The lowest BCUT2D eigenvalue weighted by molar-refractivity contribution is 0.250. The van der Waals surface area contributed by atoms with E-state index in [4.69, 9.17) is 4.42 Å². The summed E-state index contributed by atoms with van der Waals surface area (Å²) in [7, 11) is 3.67. The zero-order valence-corrected chi connectivity index (χ0v) is 16.6. The third kappa shape index (κ3) is 4.65. The van der Waals surface area contributed by atoms with Crippen molar-refractivity contribution < 1.29 is 9.21 Å². The molecule has 2 aromatic heterocycles. The van der Waals surface area contributed by atoms with E-state index in [1.165, 1.54) is 4.88 Å². The molecule has 2 heterocycles. The van der Waals surface area contributed by atoms with Gasteiger partial charge in [0.25, 0.3) is 0 Å². The number of benzene rings is 1. The summed E-state index contributed by atoms with van der Waals surface area (Å²) in [6, 6.07) is 11.6. The van der Waals surface area contributed by atoms with Gasteiger partial charge in [-0.1, -0.05) is 25.0 Å². The molecular formula is C19H23N5O2S. The van der Waals surface area contributed by atoms with Gasteiger partial charge in [-0.05, 0) is 35.7 Å². The summed E-state index contributed by atoms with van der Waals surface area (Å²) in [5.41, 5.74) is 1.37. The maximum absolute atomic E-state index is 12.2. The summed E-state index contributed by atoms with van der Waals surface area (Å²) in [6.45, 7) is 4.77. The topological polar surface area (TPSA) is 83.3 Å². The monoisotopic (exact) mass is 385 g/mol. The first kappa shape index (κ1) is 18.9. The second kappa shape index (κ2) is 7.79. The normalized spacial score (nSPS) is 11.3. The van der Waals surface area contributed by atoms with E-state index in [1.54, 1.807) is 28.4 Å². The Hall–Kier alpha value is -2.87. The number of nitrogens with zero attached hydrogens (tertiary/aromatic N) is 3. The Morgan fingerprint density at radius 3 is 2.52 bits per heavy atom. The van der Waals surface area contributed by atoms with Gasteiger partial charge in [-0.3, -0.25) is 0 Å². The van der Waals surface area contributed by atoms with E-state index in [0.717, 1.165) is 5.56 Å². The number of hydrogen-bond donors (Lipinski definition) is 2. The molecule has 3 rings (SSSR count). The number of urea groups is 1. The van der Waals surface area contributed by atoms with Crippen LogP contribution in [0.4, 0.5) is 16.5 Å². The molecule has 0 spiro atoms. The third-order valence-corrected chi connectivity index (χ3v) is 5.30. The van der Waals surface area contributed by atoms with Gasteiger partial charge >= 0.3 is 12.0 Å². The first-order valence-corrected chi connectivity index (χ1v) is 9.43. The van der Waals surface area contributed by atoms with Gasteiger partial charge in [0.1, 0.15) is 0 Å². The summed E-state index contributed by atoms with van der Waals surface area (Å²) in [5.74, 6) is 0.437. The van der Waals surface area contributed by atoms with Crippen molar-refractivity contribution >= 4 is 29.1 Å². The highest BCUT2D eigenvalue weighted by Gasteiger charge is 2.22. The minimum absolute atomic E-state index is 0.114. The number of hydrogen-bond acceptors (Lipinski definition) is 6. The van der Waals surface area contributed by atoms with Crippen molar-refractivity contribution in [2.75, 3.05) is 30.9 Å². The third-order valence-electron chi connectivity index (χ3n) is 4.07. The Bertz CT molecular complexity index is 885. The molecule has 0 unspecified atom stereocenters. The van der Waals surface area contributed by atoms with Gasteiger partial charge in [-0.15, -0.1) is 16.4 Å². The second-order valence-corrected chi connectivity index (χ2v) is 7.98. The van der Waals surface area contributed by atoms with Crippen LogP contribution >= 0.6 is 11.3 Å². The molecule has 27 heavy (non-hydrogen) atoms. The van der Waals surface area contributed by atoms with Gasteiger partial charge < -0.3 is 20.0 Å². The average molecular weight is 385 g/mol. The highest BCUT2D eigenvalue weighted by molar-refractivity contribution is 7.10. The predicted octanol–water partition coefficient (Wildman–Crippen LogP) is 3.96. The number of aromatic nitrogens is 2. The Balaban J connectivity index is 1.57. The van der Waals surface area contributed by atoms with Crippen LogP contribution in [0.15, 0.2) is 46.2 Å². The predicted molar refractivity (Wildman–Crippen MR) is 108 cm³/mol. The minimum atomic E-state index is -0.236. The number of nitrogens with one attached hydrogen (secondary N) is 2. The second-order valence-electron chi connectivity index (χ2n) is 7.03. The van der Waals surface area contributed by atoms with Crippen LogP contribution in [0.2, 0.25) is 0 Å². The fraction of sp³-hybridized carbons (Fsp3) is 0.316. The molecule has 3 aromatic rings. The Labute approximate surface area is 162 Å². The standard InChI is InChI=1S/C19H23N5O2S/c1-19(2,15-6-5-11-27-15)12-20-17(25)21-14-9-7-13(8-10-14)16-22-23-18(26-16)24(3)4/h5-11H,12H2,1-4H3,(H2,20,21,25). The summed E-state index contributed by atoms with van der Waals surface area (Å²) >= 11 is 1.69. The molecule has 0 aliphatic carbocycles. The molecule has 0 atom stereocenters. The maximum Gasteiger partial charge on any atom is 0.319 e. The van der Waals surface area contributed by atoms with Crippen LogP contribution in [-0.2, 0) is 5.41 Å². The number of anilines is 2. The zero-order chi connectivity index (χ0) is 19.4. The lowest BCUT2D eigenvalue weighted by Crippen LogP contribution is -2.38. The van der Waals surface area contributed by atoms with Gasteiger partial charge in [-0.2, -0.15) is 0 Å². The largest absolute Gasteiger partial charge is 0.403 e. The van der Waals surface area contributed by atoms with Crippen LogP contribution in [0.1, 0.15) is 18.7 Å². The maximum atomic E-state index is 12.2. The van der Waals surface area contributed by atoms with Crippen LogP contribution in [0, 0.1) is 0 Å². The molecule has 7 nitrogen and oxygen atoms in total. The highest BCUT2D eigenvalue weighted by Crippen LogP contribution is 2.26. The average Bonchev–Trinajstić information content (AvgIpc) is 3.33. The van der Waals surface area contributed by atoms with Crippen LogP contribution in [0.25, 0.3) is 11.5 Å². The smallest absolute Gasteiger partial charge is 0.319 e. The van der Waals surface area contributed by atoms with E-state index in [1.807, 2.05) is 37.7 Å². The summed E-state index contributed by atoms with van der Waals surface area (Å²) in [4.78, 5) is 15.2. The molecular weight excluding hydrogens is 362 g/mol. The molecule has 0 fully saturated rings. The van der Waals surface area contributed by atoms with Crippen molar-refractivity contribution in [1.29, 1.82) is 0 Å². The molecule has 2 amide bonds. The quantitative estimate of drug-likeness (QED) is 0.671. The number of carbonyl (C=O) groups is 1. The lowest BCUT2D eigenvalue weighted by Gasteiger charge is -2.23. The summed E-state index contributed by atoms with van der Waals surface area (Å²) < 4.78 is 5.57. The van der Waals surface area contributed by atoms with E-state index in [9.17, 15) is 4.79 Å². The molecule has 0 aliphatic heterocycles. The van der Waals surface area contributed by atoms with Gasteiger partial charge in [0, 0.05) is 42.2 Å². The van der Waals surface area contributed by atoms with Crippen LogP contribution < -0.4 is 15.5 Å². The van der Waals surface area contributed by atoms with E-state index < -0.39 is 0 Å². The minimum Gasteiger partial charge on any atom is -0.403 e. The SMILES string of the molecule is CN(C)c1nnc(-c2ccc(NC(=O)NCC(C)(C)c3cccs3)cc2)o1. The van der Waals surface area contributed by atoms with Crippen molar-refractivity contribution in [2.24, 2.45) is 0 Å². The van der Waals surface area contributed by atoms with E-state index in [0.29, 0.717) is 24.1 Å². The highest BCUT2D eigenvalue weighted by atomic mass is 32.1. The van der Waals surface area contributed by atoms with Crippen molar-refractivity contribution in [3.05, 3.63) is 46.7 Å². The first-order valence-electron chi connectivity index (χ1n) is 8.55. The van der Waals surface area contributed by atoms with Gasteiger partial charge in [0.15, 0.2) is 0 Å². The van der Waals surface area contributed by atoms with E-state index in [-0.39, 0.29) is 11.4 Å². The zero-order valence-electron chi connectivity index (χ0n) is 15.8. The molecule has 0 bridgehead atoms. The van der Waals surface area contributed by atoms with Crippen LogP contribution in [0.3, 0.4) is 0 Å². The van der Waals surface area contributed by atoms with Crippen LogP contribution in [0.5, 0.6) is 0 Å². The fourth-order valence-corrected chi connectivity index (χ4v) is 3.29. The van der Waals surface area contributed by atoms with Gasteiger partial charge in [0.05, 0.1) is 0 Å². The molecule has 0 saturated carbocycles. The Morgan fingerprint density at radius 1 is 1.19 bits per heavy atom. The summed E-state index contributed by atoms with van der Waals surface area (Å²) in [6.07, 6.45) is 0. The van der Waals surface area contributed by atoms with Crippen LogP contribution in [-0.4, -0.2) is 36.9 Å². The molecule has 1 aromatic carbocycles. The number of carbonyl (C=O) groups excluding carboxylic acids is 1. The van der Waals surface area contributed by atoms with Crippen molar-refractivity contribution in [2.45, 2.75) is 19.3 Å². The lowest BCUT2D eigenvalue weighted by atomic mass is 9.91. The molecule has 2 N–H and O–H groups in total. The Kier molecular flexibility index (Phi) is 5.46. The van der Waals surface area contributed by atoms with Gasteiger partial charge in [-0.25, -0.2) is 4.79 Å². The molecule has 142 valence electrons. The number of rotatable bonds is 6. The van der Waals surface area contributed by atoms with E-state index >= 15 is 0 Å². The number of amides is 2. The van der Waals surface area contributed by atoms with E-state index in [2.05, 4.69) is 40.7 Å². The van der Waals surface area contributed by atoms with Crippen molar-refractivity contribution in [3.8, 4) is 11.5 Å². The molecule has 0 saturated heterocycles. The molecule has 8 heteroatoms. The Morgan fingerprint density at radius 2 is 1.93 bits per heavy atom. The van der Waals surface area contributed by atoms with Crippen molar-refractivity contribution in [3.63, 3.8) is 0 Å². The fourth-order valence-electron chi connectivity index (χ4n) is 2.44. The number of thiophene rings is 1. The van der Waals surface area contributed by atoms with Crippen molar-refractivity contribution in [1.82, 2.24) is 15.5 Å².